The van der Waals surface area contributed by atoms with E-state index in [-0.39, 0.29) is 0 Å². The molecule has 1 atom stereocenters. The molecule has 1 aromatic rings. The number of nitrogens with zero attached hydrogens (tertiary/aromatic N) is 2. The van der Waals surface area contributed by atoms with Gasteiger partial charge in [-0.1, -0.05) is 11.6 Å². The van der Waals surface area contributed by atoms with Gasteiger partial charge in [0.2, 0.25) is 0 Å². The lowest BCUT2D eigenvalue weighted by Gasteiger charge is -2.11. The third kappa shape index (κ3) is 4.21. The Morgan fingerprint density at radius 2 is 2.38 bits per heavy atom. The van der Waals surface area contributed by atoms with Gasteiger partial charge in [0.25, 0.3) is 0 Å². The molecule has 0 aliphatic carbocycles. The van der Waals surface area contributed by atoms with Crippen molar-refractivity contribution in [2.45, 2.75) is 12.5 Å². The van der Waals surface area contributed by atoms with Gasteiger partial charge in [-0.05, 0) is 22.4 Å². The van der Waals surface area contributed by atoms with E-state index in [0.717, 1.165) is 0 Å². The highest BCUT2D eigenvalue weighted by Gasteiger charge is 2.07. The summed E-state index contributed by atoms with van der Waals surface area (Å²) in [5.74, 6) is 0.615. The van der Waals surface area contributed by atoms with Gasteiger partial charge in [-0.15, -0.1) is 0 Å². The van der Waals surface area contributed by atoms with Crippen LogP contribution < -0.4 is 5.32 Å². The molecule has 0 radical (unpaired) electrons. The van der Waals surface area contributed by atoms with E-state index in [1.165, 1.54) is 6.33 Å². The van der Waals surface area contributed by atoms with Crippen LogP contribution in [0.15, 0.2) is 10.8 Å². The molecule has 2 N–H and O–H groups in total. The minimum atomic E-state index is -0.478. The third-order valence-electron chi connectivity index (χ3n) is 1.88. The molecule has 0 amide bonds. The van der Waals surface area contributed by atoms with Crippen LogP contribution >= 0.6 is 27.5 Å². The number of nitrogens with one attached hydrogen (secondary N) is 1. The quantitative estimate of drug-likeness (QED) is 0.783. The van der Waals surface area contributed by atoms with Crippen molar-refractivity contribution >= 4 is 33.3 Å². The molecule has 0 spiro atoms. The summed E-state index contributed by atoms with van der Waals surface area (Å²) < 4.78 is 5.44. The lowest BCUT2D eigenvalue weighted by molar-refractivity contribution is 0.0615. The first-order valence-corrected chi connectivity index (χ1v) is 5.89. The molecule has 1 rings (SSSR count). The monoisotopic (exact) mass is 309 g/mol. The Bertz CT molecular complexity index is 341. The largest absolute Gasteiger partial charge is 0.391 e. The summed E-state index contributed by atoms with van der Waals surface area (Å²) >= 11 is 9.07. The average molecular weight is 311 g/mol. The van der Waals surface area contributed by atoms with Crippen LogP contribution in [0.5, 0.6) is 0 Å². The summed E-state index contributed by atoms with van der Waals surface area (Å²) in [5.41, 5.74) is 0. The zero-order valence-corrected chi connectivity index (χ0v) is 11.1. The molecule has 5 nitrogen and oxygen atoms in total. The van der Waals surface area contributed by atoms with Crippen LogP contribution in [0.3, 0.4) is 0 Å². The number of methoxy groups -OCH3 is 1. The molecule has 0 fully saturated rings. The molecule has 7 heteroatoms. The summed E-state index contributed by atoms with van der Waals surface area (Å²) in [6, 6.07) is 0. The van der Waals surface area contributed by atoms with Gasteiger partial charge in [-0.3, -0.25) is 0 Å². The van der Waals surface area contributed by atoms with Crippen molar-refractivity contribution in [3.8, 4) is 0 Å². The second-order valence-electron chi connectivity index (χ2n) is 3.15. The Morgan fingerprint density at radius 1 is 1.62 bits per heavy atom. The molecule has 0 aliphatic rings. The highest BCUT2D eigenvalue weighted by atomic mass is 79.9. The maximum absolute atomic E-state index is 9.42. The fourth-order valence-corrected chi connectivity index (χ4v) is 1.58. The molecular weight excluding hydrogens is 297 g/mol. The van der Waals surface area contributed by atoms with Crippen LogP contribution in [0.25, 0.3) is 0 Å². The SMILES string of the molecule is COCC(O)CCNc1ncnc(Cl)c1Br. The molecule has 0 bridgehead atoms. The number of hydrogen-bond acceptors (Lipinski definition) is 5. The second kappa shape index (κ2) is 7.01. The Balaban J connectivity index is 2.40. The van der Waals surface area contributed by atoms with Crippen LogP contribution in [-0.2, 0) is 4.74 Å². The number of halogens is 2. The van der Waals surface area contributed by atoms with E-state index in [1.807, 2.05) is 0 Å². The number of ether oxygens (including phenoxy) is 1. The van der Waals surface area contributed by atoms with Crippen molar-refractivity contribution in [1.29, 1.82) is 0 Å². The zero-order valence-electron chi connectivity index (χ0n) is 8.78. The van der Waals surface area contributed by atoms with Gasteiger partial charge in [-0.2, -0.15) is 0 Å². The van der Waals surface area contributed by atoms with Gasteiger partial charge in [-0.25, -0.2) is 9.97 Å². The molecule has 90 valence electrons. The minimum Gasteiger partial charge on any atom is -0.391 e. The predicted octanol–water partition coefficient (Wildman–Crippen LogP) is 1.70. The maximum Gasteiger partial charge on any atom is 0.148 e. The van der Waals surface area contributed by atoms with Crippen LogP contribution in [0.4, 0.5) is 5.82 Å². The smallest absolute Gasteiger partial charge is 0.148 e. The average Bonchev–Trinajstić information content (AvgIpc) is 2.25. The number of hydrogen-bond donors (Lipinski definition) is 2. The highest BCUT2D eigenvalue weighted by molar-refractivity contribution is 9.10. The van der Waals surface area contributed by atoms with Gasteiger partial charge in [0.05, 0.1) is 17.2 Å². The van der Waals surface area contributed by atoms with Gasteiger partial charge in [0.1, 0.15) is 17.3 Å². The summed E-state index contributed by atoms with van der Waals surface area (Å²) in [7, 11) is 1.55. The van der Waals surface area contributed by atoms with Crippen molar-refractivity contribution < 1.29 is 9.84 Å². The van der Waals surface area contributed by atoms with E-state index in [9.17, 15) is 5.11 Å². The Labute approximate surface area is 107 Å². The van der Waals surface area contributed by atoms with Gasteiger partial charge >= 0.3 is 0 Å². The topological polar surface area (TPSA) is 67.3 Å². The molecule has 0 aromatic carbocycles. The number of aromatic nitrogens is 2. The fraction of sp³-hybridized carbons (Fsp3) is 0.556. The van der Waals surface area contributed by atoms with Crippen LogP contribution in [0.1, 0.15) is 6.42 Å². The number of anilines is 1. The number of aliphatic hydroxyl groups excluding tert-OH is 1. The fourth-order valence-electron chi connectivity index (χ4n) is 1.10. The first kappa shape index (κ1) is 13.6. The van der Waals surface area contributed by atoms with E-state index >= 15 is 0 Å². The summed E-state index contributed by atoms with van der Waals surface area (Å²) in [6.07, 6.45) is 1.47. The van der Waals surface area contributed by atoms with Crippen molar-refractivity contribution in [2.75, 3.05) is 25.6 Å². The van der Waals surface area contributed by atoms with Crippen molar-refractivity contribution in [3.05, 3.63) is 16.0 Å². The normalized spacial score (nSPS) is 12.5. The van der Waals surface area contributed by atoms with Crippen LogP contribution in [0.2, 0.25) is 5.15 Å². The van der Waals surface area contributed by atoms with Crippen LogP contribution in [-0.4, -0.2) is 41.4 Å². The molecule has 1 unspecified atom stereocenters. The Kier molecular flexibility index (Phi) is 5.97. The summed E-state index contributed by atoms with van der Waals surface area (Å²) in [4.78, 5) is 7.83. The van der Waals surface area contributed by atoms with Gasteiger partial charge < -0.3 is 15.2 Å². The molecule has 1 heterocycles. The third-order valence-corrected chi connectivity index (χ3v) is 3.14. The zero-order chi connectivity index (χ0) is 12.0. The Morgan fingerprint density at radius 3 is 3.06 bits per heavy atom. The van der Waals surface area contributed by atoms with E-state index < -0.39 is 6.10 Å². The van der Waals surface area contributed by atoms with E-state index in [4.69, 9.17) is 16.3 Å². The van der Waals surface area contributed by atoms with E-state index in [0.29, 0.717) is 35.0 Å². The summed E-state index contributed by atoms with van der Waals surface area (Å²) in [6.45, 7) is 0.907. The van der Waals surface area contributed by atoms with E-state index in [1.54, 1.807) is 7.11 Å². The highest BCUT2D eigenvalue weighted by Crippen LogP contribution is 2.25. The first-order valence-electron chi connectivity index (χ1n) is 4.72. The molecule has 0 aliphatic heterocycles. The van der Waals surface area contributed by atoms with Gasteiger partial charge in [0, 0.05) is 13.7 Å². The van der Waals surface area contributed by atoms with Crippen molar-refractivity contribution in [2.24, 2.45) is 0 Å². The molecule has 0 saturated carbocycles. The molecule has 16 heavy (non-hydrogen) atoms. The van der Waals surface area contributed by atoms with Crippen molar-refractivity contribution in [1.82, 2.24) is 9.97 Å². The lowest BCUT2D eigenvalue weighted by atomic mass is 10.2. The summed E-state index contributed by atoms with van der Waals surface area (Å²) in [5, 5.41) is 12.8. The first-order chi connectivity index (χ1) is 7.65. The molecule has 1 aromatic heterocycles. The number of aliphatic hydroxyl groups is 1. The molecule has 0 saturated heterocycles. The van der Waals surface area contributed by atoms with E-state index in [2.05, 4.69) is 31.2 Å². The minimum absolute atomic E-state index is 0.327. The second-order valence-corrected chi connectivity index (χ2v) is 4.30. The predicted molar refractivity (Wildman–Crippen MR) is 65.7 cm³/mol. The van der Waals surface area contributed by atoms with Crippen molar-refractivity contribution in [3.63, 3.8) is 0 Å². The molecular formula is C9H13BrClN3O2. The Hall–Kier alpha value is -0.430. The standard InChI is InChI=1S/C9H13BrClN3O2/c1-16-4-6(15)2-3-12-9-7(10)8(11)13-5-14-9/h5-6,15H,2-4H2,1H3,(H,12,13,14). The van der Waals surface area contributed by atoms with Crippen LogP contribution in [0, 0.1) is 0 Å². The lowest BCUT2D eigenvalue weighted by Crippen LogP contribution is -2.18. The number of rotatable bonds is 6. The van der Waals surface area contributed by atoms with Gasteiger partial charge in [0.15, 0.2) is 0 Å². The maximum atomic E-state index is 9.42.